The fraction of sp³-hybridized carbons (Fsp3) is 0.286. The van der Waals surface area contributed by atoms with Gasteiger partial charge >= 0.3 is 0 Å². The summed E-state index contributed by atoms with van der Waals surface area (Å²) >= 11 is 0. The van der Waals surface area contributed by atoms with Crippen molar-refractivity contribution in [1.29, 1.82) is 0 Å². The molecule has 5 nitrogen and oxygen atoms in total. The lowest BCUT2D eigenvalue weighted by Crippen LogP contribution is -2.09. The van der Waals surface area contributed by atoms with E-state index in [0.717, 1.165) is 35.6 Å². The monoisotopic (exact) mass is 347 g/mol. The van der Waals surface area contributed by atoms with E-state index in [1.54, 1.807) is 6.20 Å². The molecule has 1 aromatic carbocycles. The maximum atomic E-state index is 4.68. The molecule has 0 aliphatic carbocycles. The van der Waals surface area contributed by atoms with E-state index in [1.807, 2.05) is 42.6 Å². The molecule has 0 spiro atoms. The number of hydrogen-bond donors (Lipinski definition) is 2. The van der Waals surface area contributed by atoms with Gasteiger partial charge in [0.05, 0.1) is 5.69 Å². The zero-order valence-electron chi connectivity index (χ0n) is 15.2. The molecule has 0 radical (unpaired) electrons. The number of pyridine rings is 1. The molecule has 0 saturated carbocycles. The molecular formula is C21H25N5. The molecule has 0 unspecified atom stereocenters. The standard InChI is InChI=1S/C21H25N5/c1-2-3-7-13-23-21-25-19(18-10-5-4-6-11-18)14-20(26-21)24-16-17-9-8-12-22-15-17/h4-6,8-12,14-15H,2-3,7,13,16H2,1H3,(H2,23,24,25,26). The largest absolute Gasteiger partial charge is 0.366 e. The molecule has 134 valence electrons. The van der Waals surface area contributed by atoms with E-state index >= 15 is 0 Å². The minimum Gasteiger partial charge on any atom is -0.366 e. The van der Waals surface area contributed by atoms with Crippen LogP contribution >= 0.6 is 0 Å². The number of anilines is 2. The van der Waals surface area contributed by atoms with Crippen molar-refractivity contribution in [3.63, 3.8) is 0 Å². The second-order valence-electron chi connectivity index (χ2n) is 6.18. The Morgan fingerprint density at radius 1 is 0.923 bits per heavy atom. The third-order valence-corrected chi connectivity index (χ3v) is 4.06. The van der Waals surface area contributed by atoms with Crippen LogP contribution in [0, 0.1) is 0 Å². The topological polar surface area (TPSA) is 62.7 Å². The maximum absolute atomic E-state index is 4.68. The molecular weight excluding hydrogens is 322 g/mol. The average molecular weight is 347 g/mol. The van der Waals surface area contributed by atoms with Crippen LogP contribution in [0.5, 0.6) is 0 Å². The van der Waals surface area contributed by atoms with Crippen molar-refractivity contribution in [1.82, 2.24) is 15.0 Å². The van der Waals surface area contributed by atoms with Gasteiger partial charge in [-0.15, -0.1) is 0 Å². The Balaban J connectivity index is 1.77. The van der Waals surface area contributed by atoms with Crippen molar-refractivity contribution in [2.45, 2.75) is 32.7 Å². The molecule has 2 heterocycles. The number of hydrogen-bond acceptors (Lipinski definition) is 5. The average Bonchev–Trinajstić information content (AvgIpc) is 2.71. The highest BCUT2D eigenvalue weighted by Gasteiger charge is 2.07. The van der Waals surface area contributed by atoms with Gasteiger partial charge in [0.2, 0.25) is 5.95 Å². The van der Waals surface area contributed by atoms with Crippen molar-refractivity contribution in [2.24, 2.45) is 0 Å². The maximum Gasteiger partial charge on any atom is 0.225 e. The normalized spacial score (nSPS) is 10.5. The third kappa shape index (κ3) is 5.28. The van der Waals surface area contributed by atoms with Gasteiger partial charge in [0.1, 0.15) is 5.82 Å². The van der Waals surface area contributed by atoms with Crippen molar-refractivity contribution in [2.75, 3.05) is 17.2 Å². The van der Waals surface area contributed by atoms with E-state index in [0.29, 0.717) is 12.5 Å². The van der Waals surface area contributed by atoms with Crippen molar-refractivity contribution in [3.05, 3.63) is 66.5 Å². The van der Waals surface area contributed by atoms with Crippen LogP contribution in [0.2, 0.25) is 0 Å². The summed E-state index contributed by atoms with van der Waals surface area (Å²) in [4.78, 5) is 13.5. The van der Waals surface area contributed by atoms with E-state index in [2.05, 4.69) is 44.6 Å². The number of nitrogens with zero attached hydrogens (tertiary/aromatic N) is 3. The smallest absolute Gasteiger partial charge is 0.225 e. The minimum absolute atomic E-state index is 0.663. The minimum atomic E-state index is 0.663. The van der Waals surface area contributed by atoms with E-state index in [-0.39, 0.29) is 0 Å². The molecule has 0 aliphatic rings. The first-order valence-electron chi connectivity index (χ1n) is 9.16. The molecule has 0 atom stereocenters. The molecule has 26 heavy (non-hydrogen) atoms. The number of rotatable bonds is 9. The predicted molar refractivity (Wildman–Crippen MR) is 107 cm³/mol. The molecule has 3 rings (SSSR count). The van der Waals surface area contributed by atoms with E-state index < -0.39 is 0 Å². The zero-order valence-corrected chi connectivity index (χ0v) is 15.2. The lowest BCUT2D eigenvalue weighted by Gasteiger charge is -2.11. The number of unbranched alkanes of at least 4 members (excludes halogenated alkanes) is 2. The highest BCUT2D eigenvalue weighted by Crippen LogP contribution is 2.21. The number of nitrogens with one attached hydrogen (secondary N) is 2. The van der Waals surface area contributed by atoms with Gasteiger partial charge < -0.3 is 10.6 Å². The van der Waals surface area contributed by atoms with Gasteiger partial charge in [-0.1, -0.05) is 56.2 Å². The van der Waals surface area contributed by atoms with Gasteiger partial charge in [-0.05, 0) is 18.1 Å². The molecule has 0 amide bonds. The van der Waals surface area contributed by atoms with Gasteiger partial charge in [-0.2, -0.15) is 4.98 Å². The molecule has 5 heteroatoms. The molecule has 0 aliphatic heterocycles. The van der Waals surface area contributed by atoms with Crippen molar-refractivity contribution in [3.8, 4) is 11.3 Å². The summed E-state index contributed by atoms with van der Waals surface area (Å²) in [6.07, 6.45) is 7.16. The Kier molecular flexibility index (Phi) is 6.53. The summed E-state index contributed by atoms with van der Waals surface area (Å²) in [5.41, 5.74) is 3.10. The molecule has 0 saturated heterocycles. The summed E-state index contributed by atoms with van der Waals surface area (Å²) in [6, 6.07) is 16.2. The van der Waals surface area contributed by atoms with Gasteiger partial charge in [0.25, 0.3) is 0 Å². The summed E-state index contributed by atoms with van der Waals surface area (Å²) in [7, 11) is 0. The van der Waals surface area contributed by atoms with Crippen LogP contribution in [0.15, 0.2) is 60.9 Å². The van der Waals surface area contributed by atoms with Gasteiger partial charge in [-0.25, -0.2) is 4.98 Å². The lowest BCUT2D eigenvalue weighted by molar-refractivity contribution is 0.740. The summed E-state index contributed by atoms with van der Waals surface area (Å²) in [5.74, 6) is 1.47. The van der Waals surface area contributed by atoms with Crippen LogP contribution in [0.4, 0.5) is 11.8 Å². The van der Waals surface area contributed by atoms with Crippen LogP contribution in [-0.4, -0.2) is 21.5 Å². The quantitative estimate of drug-likeness (QED) is 0.547. The second kappa shape index (κ2) is 9.51. The third-order valence-electron chi connectivity index (χ3n) is 4.06. The van der Waals surface area contributed by atoms with Crippen LogP contribution < -0.4 is 10.6 Å². The van der Waals surface area contributed by atoms with Gasteiger partial charge in [-0.3, -0.25) is 4.98 Å². The lowest BCUT2D eigenvalue weighted by atomic mass is 10.1. The Morgan fingerprint density at radius 2 is 1.81 bits per heavy atom. The zero-order chi connectivity index (χ0) is 18.0. The highest BCUT2D eigenvalue weighted by molar-refractivity contribution is 5.64. The van der Waals surface area contributed by atoms with E-state index in [4.69, 9.17) is 0 Å². The number of benzene rings is 1. The Bertz CT molecular complexity index is 790. The first kappa shape index (κ1) is 17.9. The number of aromatic nitrogens is 3. The van der Waals surface area contributed by atoms with Crippen LogP contribution in [0.3, 0.4) is 0 Å². The van der Waals surface area contributed by atoms with Gasteiger partial charge in [0, 0.05) is 37.1 Å². The Morgan fingerprint density at radius 3 is 2.58 bits per heavy atom. The SMILES string of the molecule is CCCCCNc1nc(NCc2cccnc2)cc(-c2ccccc2)n1. The Labute approximate surface area is 154 Å². The van der Waals surface area contributed by atoms with Crippen LogP contribution in [0.25, 0.3) is 11.3 Å². The van der Waals surface area contributed by atoms with Crippen LogP contribution in [0.1, 0.15) is 31.7 Å². The summed E-state index contributed by atoms with van der Waals surface area (Å²) < 4.78 is 0. The molecule has 0 bridgehead atoms. The molecule has 2 aromatic heterocycles. The Hall–Kier alpha value is -2.95. The van der Waals surface area contributed by atoms with Crippen molar-refractivity contribution >= 4 is 11.8 Å². The molecule has 2 N–H and O–H groups in total. The van der Waals surface area contributed by atoms with Crippen LogP contribution in [-0.2, 0) is 6.54 Å². The molecule has 3 aromatic rings. The fourth-order valence-corrected chi connectivity index (χ4v) is 2.64. The first-order chi connectivity index (χ1) is 12.8. The summed E-state index contributed by atoms with van der Waals surface area (Å²) in [5, 5.41) is 6.74. The highest BCUT2D eigenvalue weighted by atomic mass is 15.1. The predicted octanol–water partition coefficient (Wildman–Crippen LogP) is 4.75. The fourth-order valence-electron chi connectivity index (χ4n) is 2.64. The van der Waals surface area contributed by atoms with E-state index in [9.17, 15) is 0 Å². The van der Waals surface area contributed by atoms with Gasteiger partial charge in [0.15, 0.2) is 0 Å². The van der Waals surface area contributed by atoms with Crippen molar-refractivity contribution < 1.29 is 0 Å². The second-order valence-corrected chi connectivity index (χ2v) is 6.18. The summed E-state index contributed by atoms with van der Waals surface area (Å²) in [6.45, 7) is 3.76. The first-order valence-corrected chi connectivity index (χ1v) is 9.16. The van der Waals surface area contributed by atoms with E-state index in [1.165, 1.54) is 12.8 Å². The molecule has 0 fully saturated rings.